The summed E-state index contributed by atoms with van der Waals surface area (Å²) in [5, 5.41) is 22.0. The normalized spacial score (nSPS) is 11.3. The number of ether oxygens (including phenoxy) is 1. The summed E-state index contributed by atoms with van der Waals surface area (Å²) in [4.78, 5) is 0. The van der Waals surface area contributed by atoms with E-state index in [0.29, 0.717) is 0 Å². The molecule has 6 nitrogen and oxygen atoms in total. The van der Waals surface area contributed by atoms with E-state index in [1.165, 1.54) is 44.2 Å². The third kappa shape index (κ3) is 14.1. The Morgan fingerprint density at radius 1 is 0.509 bits per heavy atom. The fraction of sp³-hybridized carbons (Fsp3) is 0.0435. The van der Waals surface area contributed by atoms with Gasteiger partial charge < -0.3 is 9.84 Å². The van der Waals surface area contributed by atoms with Crippen molar-refractivity contribution in [3.8, 4) is 0 Å². The van der Waals surface area contributed by atoms with E-state index in [2.05, 4.69) is 200 Å². The monoisotopic (exact) mass is 925 g/mol. The van der Waals surface area contributed by atoms with Crippen LogP contribution in [0.2, 0.25) is 0 Å². The first-order valence-corrected chi connectivity index (χ1v) is 23.7. The number of hydrogen-bond donors (Lipinski definition) is 1. The Morgan fingerprint density at radius 2 is 0.754 bits per heavy atom. The quantitative estimate of drug-likeness (QED) is 0.120. The molecular weight excluding hydrogens is 885 g/mol. The van der Waals surface area contributed by atoms with E-state index in [1.54, 1.807) is 0 Å². The molecule has 0 spiro atoms. The van der Waals surface area contributed by atoms with Gasteiger partial charge in [0.1, 0.15) is 17.9 Å². The average molecular weight is 927 g/mol. The second-order valence-corrected chi connectivity index (χ2v) is 21.2. The second-order valence-electron chi connectivity index (χ2n) is 12.2. The first-order chi connectivity index (χ1) is 27.2. The van der Waals surface area contributed by atoms with Crippen molar-refractivity contribution in [3.63, 3.8) is 0 Å². The molecule has 7 rings (SSSR count). The largest absolute Gasteiger partial charge is 0.614 e. The predicted molar refractivity (Wildman–Crippen MR) is 225 cm³/mol. The van der Waals surface area contributed by atoms with Gasteiger partial charge in [0.2, 0.25) is 0 Å². The smallest absolute Gasteiger partial charge is 0.111 e. The van der Waals surface area contributed by atoms with Crippen LogP contribution in [-0.2, 0) is 27.1 Å². The molecule has 0 saturated carbocycles. The molecule has 0 aromatic heterocycles. The van der Waals surface area contributed by atoms with Crippen molar-refractivity contribution < 1.29 is 61.1 Å². The molecule has 11 heteroatoms. The van der Waals surface area contributed by atoms with Crippen molar-refractivity contribution in [1.82, 2.24) is 0 Å². The first kappa shape index (κ1) is 45.7. The van der Waals surface area contributed by atoms with Crippen LogP contribution in [0.4, 0.5) is 0 Å². The maximum Gasteiger partial charge on any atom is 0.111 e. The number of methoxy groups -OCH3 is 1. The average Bonchev–Trinajstić information content (AvgIpc) is 3.24. The molecule has 0 aliphatic heterocycles. The molecule has 0 atom stereocenters. The van der Waals surface area contributed by atoms with E-state index < -0.39 is 33.3 Å². The molecule has 0 bridgehead atoms. The van der Waals surface area contributed by atoms with Gasteiger partial charge in [-0.05, 0) is 73.7 Å². The maximum absolute atomic E-state index is 12.8. The zero-order chi connectivity index (χ0) is 39.6. The number of halogens is 1. The van der Waals surface area contributed by atoms with Crippen LogP contribution in [0, 0.1) is 10.2 Å². The fourth-order valence-corrected chi connectivity index (χ4v) is 16.9. The number of benzene rings is 7. The second kappa shape index (κ2) is 23.4. The molecule has 0 heterocycles. The van der Waals surface area contributed by atoms with Gasteiger partial charge in [-0.25, -0.2) is 0 Å². The third-order valence-corrected chi connectivity index (χ3v) is 18.8. The Bertz CT molecular complexity index is 1990. The van der Waals surface area contributed by atoms with Crippen molar-refractivity contribution >= 4 is 60.2 Å². The van der Waals surface area contributed by atoms with Gasteiger partial charge in [-0.2, -0.15) is 14.0 Å². The molecule has 0 aliphatic rings. The van der Waals surface area contributed by atoms with Gasteiger partial charge >= 0.3 is 0 Å². The molecule has 0 amide bonds. The Morgan fingerprint density at radius 3 is 1.02 bits per heavy atom. The zero-order valence-electron chi connectivity index (χ0n) is 31.0. The number of rotatable bonds is 11. The summed E-state index contributed by atoms with van der Waals surface area (Å²) in [6.45, 7) is 0. The standard InChI is InChI=1S/C28H26O2P2.C18H15P.Ag.ClHO4/c1-30-28(29)22-32(26-18-10-4-11-19-26,27-20-12-5-13-21-27)23-31(24-14-6-2-7-15-24)25-16-8-3-9-17-25;1-4-10-16(11-5-1)19(17-12-6-2-7-13-17)18-14-8-3-9-15-18;;2-1(3,4)5/h2-22H,23H2,1H3;1-15H;;(H,2,3,4,5)/b28-22+;;;. The summed E-state index contributed by atoms with van der Waals surface area (Å²) in [7, 11) is -6.62. The van der Waals surface area contributed by atoms with E-state index in [4.69, 9.17) is 23.4 Å². The SMILES string of the molecule is CO/C([O-])=C/[P+](CP(c1ccccc1)c1ccccc1)(c1ccccc1)c1ccccc1.[Ag].[O-][Cl+3]([O-])([O-])O.c1ccc(P(c2ccccc2)c2ccccc2)cc1. The molecule has 1 N–H and O–H groups in total. The van der Waals surface area contributed by atoms with Crippen molar-refractivity contribution in [2.75, 3.05) is 13.0 Å². The number of hydrogen-bond acceptors (Lipinski definition) is 6. The molecule has 0 aliphatic carbocycles. The van der Waals surface area contributed by atoms with Crippen LogP contribution in [0.15, 0.2) is 224 Å². The minimum Gasteiger partial charge on any atom is -0.614 e. The van der Waals surface area contributed by atoms with E-state index in [9.17, 15) is 5.11 Å². The van der Waals surface area contributed by atoms with Gasteiger partial charge in [-0.3, -0.25) is 0 Å². The van der Waals surface area contributed by atoms with Gasteiger partial charge in [-0.15, -0.1) is 0 Å². The van der Waals surface area contributed by atoms with Crippen LogP contribution in [0.5, 0.6) is 0 Å². The van der Waals surface area contributed by atoms with Crippen molar-refractivity contribution in [2.24, 2.45) is 0 Å². The molecular formula is C46H42AgClO6P3. The molecule has 7 aromatic rings. The summed E-state index contributed by atoms with van der Waals surface area (Å²) in [5.41, 5.74) is 0. The summed E-state index contributed by atoms with van der Waals surface area (Å²) in [5.74, 6) is 2.46. The third-order valence-electron chi connectivity index (χ3n) is 8.50. The predicted octanol–water partition coefficient (Wildman–Crippen LogP) is 3.87. The summed E-state index contributed by atoms with van der Waals surface area (Å²) in [6.07, 6.45) is 0. The first-order valence-electron chi connectivity index (χ1n) is 17.6. The van der Waals surface area contributed by atoms with Crippen molar-refractivity contribution in [1.29, 1.82) is 0 Å². The topological polar surface area (TPSA) is 122 Å². The Balaban J connectivity index is 0.000000244. The molecule has 295 valence electrons. The van der Waals surface area contributed by atoms with Gasteiger partial charge in [-0.1, -0.05) is 188 Å². The maximum atomic E-state index is 12.8. The van der Waals surface area contributed by atoms with Crippen LogP contribution < -0.4 is 56.2 Å². The Hall–Kier alpha value is -3.96. The molecule has 0 saturated heterocycles. The van der Waals surface area contributed by atoms with E-state index in [0.717, 1.165) is 5.90 Å². The molecule has 1 radical (unpaired) electrons. The van der Waals surface area contributed by atoms with E-state index in [1.807, 2.05) is 17.9 Å². The Kier molecular flexibility index (Phi) is 18.8. The fourth-order valence-electron chi connectivity index (χ4n) is 6.05. The van der Waals surface area contributed by atoms with Crippen LogP contribution >= 0.6 is 23.1 Å². The van der Waals surface area contributed by atoms with Gasteiger partial charge in [0.25, 0.3) is 0 Å². The molecule has 57 heavy (non-hydrogen) atoms. The van der Waals surface area contributed by atoms with Crippen LogP contribution in [0.25, 0.3) is 0 Å². The zero-order valence-corrected chi connectivity index (χ0v) is 35.9. The van der Waals surface area contributed by atoms with Gasteiger partial charge in [0.05, 0.1) is 32.6 Å². The molecule has 7 aromatic carbocycles. The van der Waals surface area contributed by atoms with Crippen molar-refractivity contribution in [3.05, 3.63) is 224 Å². The van der Waals surface area contributed by atoms with Crippen molar-refractivity contribution in [2.45, 2.75) is 0 Å². The minimum absolute atomic E-state index is 0. The van der Waals surface area contributed by atoms with Crippen LogP contribution in [0.1, 0.15) is 0 Å². The van der Waals surface area contributed by atoms with Gasteiger partial charge in [0, 0.05) is 22.4 Å². The Labute approximate surface area is 356 Å². The summed E-state index contributed by atoms with van der Waals surface area (Å²) >= 11 is 0. The van der Waals surface area contributed by atoms with E-state index >= 15 is 0 Å². The van der Waals surface area contributed by atoms with Crippen LogP contribution in [0.3, 0.4) is 0 Å². The molecule has 0 unspecified atom stereocenters. The van der Waals surface area contributed by atoms with Gasteiger partial charge in [0.15, 0.2) is 0 Å². The van der Waals surface area contributed by atoms with E-state index in [-0.39, 0.29) is 28.3 Å². The summed E-state index contributed by atoms with van der Waals surface area (Å²) < 4.78 is 37.9. The van der Waals surface area contributed by atoms with Crippen LogP contribution in [-0.4, -0.2) is 17.7 Å². The summed E-state index contributed by atoms with van der Waals surface area (Å²) in [6, 6.07) is 74.6. The minimum atomic E-state index is -4.69. The molecule has 0 fully saturated rings.